The van der Waals surface area contributed by atoms with Crippen molar-refractivity contribution >= 4 is 11.8 Å². The van der Waals surface area contributed by atoms with E-state index in [-0.39, 0.29) is 41.8 Å². The molecule has 12 heteroatoms. The van der Waals surface area contributed by atoms with Crippen LogP contribution in [0.2, 0.25) is 0 Å². The summed E-state index contributed by atoms with van der Waals surface area (Å²) in [5, 5.41) is 17.7. The van der Waals surface area contributed by atoms with Gasteiger partial charge in [-0.1, -0.05) is 49.3 Å². The first kappa shape index (κ1) is 26.1. The van der Waals surface area contributed by atoms with E-state index < -0.39 is 17.9 Å². The second-order valence-electron chi connectivity index (χ2n) is 9.42. The van der Waals surface area contributed by atoms with Crippen LogP contribution in [0.4, 0.5) is 13.2 Å². The van der Waals surface area contributed by atoms with Gasteiger partial charge in [-0.15, -0.1) is 5.11 Å². The maximum atomic E-state index is 12.7. The summed E-state index contributed by atoms with van der Waals surface area (Å²) in [7, 11) is 0. The van der Waals surface area contributed by atoms with Crippen LogP contribution in [0.1, 0.15) is 53.8 Å². The second-order valence-corrected chi connectivity index (χ2v) is 9.42. The van der Waals surface area contributed by atoms with Crippen LogP contribution in [0.5, 0.6) is 0 Å². The van der Waals surface area contributed by atoms with E-state index in [9.17, 15) is 22.8 Å². The van der Waals surface area contributed by atoms with E-state index >= 15 is 0 Å². The van der Waals surface area contributed by atoms with E-state index in [0.717, 1.165) is 17.7 Å². The highest BCUT2D eigenvalue weighted by molar-refractivity contribution is 5.96. The molecule has 0 saturated heterocycles. The van der Waals surface area contributed by atoms with Gasteiger partial charge in [0.05, 0.1) is 11.1 Å². The molecule has 2 N–H and O–H groups in total. The predicted octanol–water partition coefficient (Wildman–Crippen LogP) is 4.72. The summed E-state index contributed by atoms with van der Waals surface area (Å²) in [6.45, 7) is 4.83. The second kappa shape index (κ2) is 10.6. The number of aromatic nitrogens is 2. The normalized spacial score (nSPS) is 15.5. The van der Waals surface area contributed by atoms with Gasteiger partial charge in [0, 0.05) is 37.1 Å². The zero-order valence-electron chi connectivity index (χ0n) is 20.2. The summed E-state index contributed by atoms with van der Waals surface area (Å²) in [6.07, 6.45) is -4.58. The number of nitrogens with zero attached hydrogens (tertiary/aromatic N) is 4. The smallest absolute Gasteiger partial charge is 0.356 e. The molecule has 0 fully saturated rings. The largest absolute Gasteiger partial charge is 0.416 e. The van der Waals surface area contributed by atoms with E-state index in [2.05, 4.69) is 31.0 Å². The Morgan fingerprint density at radius 1 is 1.05 bits per heavy atom. The molecule has 2 amide bonds. The summed E-state index contributed by atoms with van der Waals surface area (Å²) < 4.78 is 43.3. The average Bonchev–Trinajstić information content (AvgIpc) is 3.35. The summed E-state index contributed by atoms with van der Waals surface area (Å²) in [5.74, 6) is -0.218. The van der Waals surface area contributed by atoms with Gasteiger partial charge >= 0.3 is 6.18 Å². The molecule has 0 aliphatic carbocycles. The SMILES string of the molecule is CC(C)(CNC(=O)CCc1nc(-c2ccc(C(F)(F)F)cc2)no1)CNC1N=NC(=O)c2ccccc21. The van der Waals surface area contributed by atoms with Gasteiger partial charge in [0.1, 0.15) is 6.17 Å². The number of fused-ring (bicyclic) bond motifs is 1. The molecule has 3 aromatic rings. The van der Waals surface area contributed by atoms with E-state index in [1.807, 2.05) is 26.0 Å². The first-order valence-electron chi connectivity index (χ1n) is 11.6. The van der Waals surface area contributed by atoms with Crippen LogP contribution in [-0.4, -0.2) is 35.0 Å². The number of alkyl halides is 3. The van der Waals surface area contributed by atoms with Gasteiger partial charge in [0.25, 0.3) is 5.91 Å². The number of amides is 2. The molecule has 0 radical (unpaired) electrons. The van der Waals surface area contributed by atoms with Crippen LogP contribution in [0.25, 0.3) is 11.4 Å². The molecule has 1 atom stereocenters. The van der Waals surface area contributed by atoms with Crippen molar-refractivity contribution in [3.8, 4) is 11.4 Å². The Hall–Kier alpha value is -3.93. The predicted molar refractivity (Wildman–Crippen MR) is 126 cm³/mol. The Morgan fingerprint density at radius 2 is 1.78 bits per heavy atom. The third-order valence-corrected chi connectivity index (χ3v) is 5.79. The molecule has 37 heavy (non-hydrogen) atoms. The minimum Gasteiger partial charge on any atom is -0.356 e. The Labute approximate surface area is 210 Å². The van der Waals surface area contributed by atoms with Crippen molar-refractivity contribution in [1.29, 1.82) is 0 Å². The first-order valence-corrected chi connectivity index (χ1v) is 11.6. The Morgan fingerprint density at radius 3 is 2.51 bits per heavy atom. The number of azo groups is 1. The molecule has 1 aliphatic heterocycles. The zero-order chi connectivity index (χ0) is 26.6. The Balaban J connectivity index is 1.23. The summed E-state index contributed by atoms with van der Waals surface area (Å²) in [4.78, 5) is 28.4. The van der Waals surface area contributed by atoms with E-state index in [0.29, 0.717) is 24.2 Å². The Bertz CT molecular complexity index is 1300. The molecule has 1 aromatic heterocycles. The summed E-state index contributed by atoms with van der Waals surface area (Å²) in [6, 6.07) is 11.6. The van der Waals surface area contributed by atoms with Crippen molar-refractivity contribution in [2.24, 2.45) is 15.6 Å². The monoisotopic (exact) mass is 514 g/mol. The minimum absolute atomic E-state index is 0.102. The van der Waals surface area contributed by atoms with Crippen LogP contribution in [-0.2, 0) is 17.4 Å². The Kier molecular flexibility index (Phi) is 7.48. The zero-order valence-corrected chi connectivity index (χ0v) is 20.2. The lowest BCUT2D eigenvalue weighted by Crippen LogP contribution is -2.41. The van der Waals surface area contributed by atoms with Gasteiger partial charge in [0.15, 0.2) is 0 Å². The molecule has 1 unspecified atom stereocenters. The van der Waals surface area contributed by atoms with E-state index in [1.54, 1.807) is 12.1 Å². The molecule has 0 spiro atoms. The third kappa shape index (κ3) is 6.64. The quantitative estimate of drug-likeness (QED) is 0.426. The third-order valence-electron chi connectivity index (χ3n) is 5.79. The lowest BCUT2D eigenvalue weighted by Gasteiger charge is -2.28. The molecular weight excluding hydrogens is 489 g/mol. The molecule has 1 aliphatic rings. The van der Waals surface area contributed by atoms with Crippen LogP contribution in [0.3, 0.4) is 0 Å². The number of benzene rings is 2. The van der Waals surface area contributed by atoms with Crippen molar-refractivity contribution in [2.75, 3.05) is 13.1 Å². The van der Waals surface area contributed by atoms with Crippen LogP contribution < -0.4 is 10.6 Å². The number of nitrogens with one attached hydrogen (secondary N) is 2. The highest BCUT2D eigenvalue weighted by Gasteiger charge is 2.30. The van der Waals surface area contributed by atoms with Gasteiger partial charge in [0.2, 0.25) is 17.6 Å². The van der Waals surface area contributed by atoms with E-state index in [4.69, 9.17) is 4.52 Å². The number of carbonyl (C=O) groups excluding carboxylic acids is 2. The van der Waals surface area contributed by atoms with Crippen molar-refractivity contribution in [3.05, 3.63) is 71.1 Å². The van der Waals surface area contributed by atoms with Crippen molar-refractivity contribution in [2.45, 2.75) is 39.0 Å². The highest BCUT2D eigenvalue weighted by Crippen LogP contribution is 2.30. The fraction of sp³-hybridized carbons (Fsp3) is 0.360. The van der Waals surface area contributed by atoms with Gasteiger partial charge in [-0.25, -0.2) is 0 Å². The lowest BCUT2D eigenvalue weighted by molar-refractivity contribution is -0.137. The van der Waals surface area contributed by atoms with E-state index in [1.165, 1.54) is 12.1 Å². The van der Waals surface area contributed by atoms with Gasteiger partial charge in [-0.3, -0.25) is 14.9 Å². The number of aryl methyl sites for hydroxylation is 1. The number of hydrogen-bond donors (Lipinski definition) is 2. The van der Waals surface area contributed by atoms with Gasteiger partial charge in [-0.2, -0.15) is 23.3 Å². The van der Waals surface area contributed by atoms with Crippen molar-refractivity contribution < 1.29 is 27.3 Å². The number of carbonyl (C=O) groups is 2. The van der Waals surface area contributed by atoms with Crippen molar-refractivity contribution in [1.82, 2.24) is 20.8 Å². The maximum absolute atomic E-state index is 12.7. The summed E-state index contributed by atoms with van der Waals surface area (Å²) in [5.41, 5.74) is 0.562. The first-order chi connectivity index (χ1) is 17.5. The molecule has 9 nitrogen and oxygen atoms in total. The molecule has 0 bridgehead atoms. The van der Waals surface area contributed by atoms with Crippen LogP contribution in [0, 0.1) is 5.41 Å². The van der Waals surface area contributed by atoms with Gasteiger partial charge in [-0.05, 0) is 23.6 Å². The standard InChI is InChI=1S/C25H25F3N6O3/c1-24(2,14-30-22-17-5-3-4-6-18(17)23(36)33-32-22)13-29-19(35)11-12-20-31-21(34-37-20)15-7-9-16(10-8-15)25(26,27)28/h3-10,22,30H,11-14H2,1-2H3,(H,29,35). The molecule has 2 heterocycles. The highest BCUT2D eigenvalue weighted by atomic mass is 19.4. The molecule has 2 aromatic carbocycles. The minimum atomic E-state index is -4.42. The fourth-order valence-electron chi connectivity index (χ4n) is 3.67. The fourth-order valence-corrected chi connectivity index (χ4v) is 3.67. The topological polar surface area (TPSA) is 122 Å². The van der Waals surface area contributed by atoms with Crippen LogP contribution in [0.15, 0.2) is 63.3 Å². The number of halogens is 3. The number of hydrogen-bond acceptors (Lipinski definition) is 7. The molecule has 4 rings (SSSR count). The summed E-state index contributed by atoms with van der Waals surface area (Å²) >= 11 is 0. The maximum Gasteiger partial charge on any atom is 0.416 e. The lowest BCUT2D eigenvalue weighted by atomic mass is 9.92. The average molecular weight is 515 g/mol. The van der Waals surface area contributed by atoms with Crippen molar-refractivity contribution in [3.63, 3.8) is 0 Å². The molecule has 194 valence electrons. The molecule has 0 saturated carbocycles. The van der Waals surface area contributed by atoms with Crippen LogP contribution >= 0.6 is 0 Å². The number of rotatable bonds is 9. The molecular formula is C25H25F3N6O3. The van der Waals surface area contributed by atoms with Gasteiger partial charge < -0.3 is 9.84 Å².